The average molecular weight is 368 g/mol. The molecule has 1 aromatic rings. The number of carbonyl (C=O) groups is 1. The van der Waals surface area contributed by atoms with Crippen molar-refractivity contribution in [2.75, 3.05) is 6.54 Å². The van der Waals surface area contributed by atoms with E-state index in [1.165, 1.54) is 12.1 Å². The topological polar surface area (TPSA) is 86.3 Å². The Balaban J connectivity index is 2.57. The van der Waals surface area contributed by atoms with E-state index in [4.69, 9.17) is 0 Å². The Kier molecular flexibility index (Phi) is 5.34. The van der Waals surface area contributed by atoms with Crippen molar-refractivity contribution in [2.45, 2.75) is 17.7 Å². The van der Waals surface area contributed by atoms with Crippen LogP contribution in [0.5, 0.6) is 0 Å². The van der Waals surface area contributed by atoms with Crippen LogP contribution in [0.25, 0.3) is 0 Å². The van der Waals surface area contributed by atoms with Gasteiger partial charge in [0.2, 0.25) is 10.0 Å². The van der Waals surface area contributed by atoms with Crippen molar-refractivity contribution < 1.29 is 18.3 Å². The van der Waals surface area contributed by atoms with E-state index in [0.717, 1.165) is 3.57 Å². The predicted octanol–water partition coefficient (Wildman–Crippen LogP) is 0.0996. The molecule has 0 atom stereocenters. The summed E-state index contributed by atoms with van der Waals surface area (Å²) < 4.78 is 26.7. The van der Waals surface area contributed by atoms with Gasteiger partial charge in [-0.05, 0) is 59.7 Å². The minimum atomic E-state index is -3.54. The van der Waals surface area contributed by atoms with Crippen LogP contribution in [0.2, 0.25) is 0 Å². The predicted molar refractivity (Wildman–Crippen MR) is 68.6 cm³/mol. The van der Waals surface area contributed by atoms with Crippen molar-refractivity contribution >= 4 is 38.6 Å². The first-order chi connectivity index (χ1) is 7.92. The van der Waals surface area contributed by atoms with E-state index >= 15 is 0 Å². The van der Waals surface area contributed by atoms with E-state index in [1.807, 2.05) is 0 Å². The lowest BCUT2D eigenvalue weighted by molar-refractivity contribution is -0.305. The zero-order valence-corrected chi connectivity index (χ0v) is 11.8. The van der Waals surface area contributed by atoms with Crippen LogP contribution in [-0.4, -0.2) is 20.9 Å². The number of rotatable bonds is 6. The van der Waals surface area contributed by atoms with Crippen molar-refractivity contribution in [1.29, 1.82) is 0 Å². The van der Waals surface area contributed by atoms with Gasteiger partial charge in [-0.3, -0.25) is 0 Å². The second-order valence-corrected chi connectivity index (χ2v) is 6.34. The third kappa shape index (κ3) is 5.00. The summed E-state index contributed by atoms with van der Waals surface area (Å²) in [6, 6.07) is 6.39. The molecule has 0 fully saturated rings. The fraction of sp³-hybridized carbons (Fsp3) is 0.300. The van der Waals surface area contributed by atoms with Crippen LogP contribution < -0.4 is 9.83 Å². The molecule has 0 saturated heterocycles. The van der Waals surface area contributed by atoms with Gasteiger partial charge in [0, 0.05) is 16.1 Å². The zero-order chi connectivity index (χ0) is 12.9. The molecule has 1 rings (SSSR count). The lowest BCUT2D eigenvalue weighted by atomic mass is 10.3. The fourth-order valence-corrected chi connectivity index (χ4v) is 2.57. The van der Waals surface area contributed by atoms with Crippen LogP contribution in [0.4, 0.5) is 0 Å². The number of carbonyl (C=O) groups excluding carboxylic acids is 1. The first-order valence-corrected chi connectivity index (χ1v) is 7.43. The lowest BCUT2D eigenvalue weighted by Crippen LogP contribution is -2.27. The minimum absolute atomic E-state index is 0.0856. The van der Waals surface area contributed by atoms with Crippen LogP contribution in [-0.2, 0) is 14.8 Å². The number of hydrogen-bond acceptors (Lipinski definition) is 4. The summed E-state index contributed by atoms with van der Waals surface area (Å²) in [6.45, 7) is 0.0856. The maximum absolute atomic E-state index is 11.7. The van der Waals surface area contributed by atoms with Crippen molar-refractivity contribution in [2.24, 2.45) is 0 Å². The van der Waals surface area contributed by atoms with E-state index in [-0.39, 0.29) is 24.3 Å². The van der Waals surface area contributed by atoms with Crippen LogP contribution in [0.3, 0.4) is 0 Å². The summed E-state index contributed by atoms with van der Waals surface area (Å²) >= 11 is 2.08. The van der Waals surface area contributed by atoms with Gasteiger partial charge in [0.25, 0.3) is 0 Å². The second kappa shape index (κ2) is 6.31. The number of hydrogen-bond donors (Lipinski definition) is 1. The van der Waals surface area contributed by atoms with Crippen LogP contribution in [0.1, 0.15) is 12.8 Å². The number of halogens is 1. The van der Waals surface area contributed by atoms with Gasteiger partial charge in [-0.1, -0.05) is 0 Å². The maximum atomic E-state index is 11.7. The highest BCUT2D eigenvalue weighted by atomic mass is 127. The Morgan fingerprint density at radius 3 is 2.41 bits per heavy atom. The van der Waals surface area contributed by atoms with Crippen molar-refractivity contribution in [3.63, 3.8) is 0 Å². The summed E-state index contributed by atoms with van der Waals surface area (Å²) in [4.78, 5) is 10.3. The molecule has 5 nitrogen and oxygen atoms in total. The molecule has 0 bridgehead atoms. The molecule has 1 N–H and O–H groups in total. The highest BCUT2D eigenvalue weighted by Crippen LogP contribution is 2.11. The number of benzene rings is 1. The monoisotopic (exact) mass is 368 g/mol. The quantitative estimate of drug-likeness (QED) is 0.570. The molecule has 0 aromatic heterocycles. The molecule has 0 amide bonds. The number of nitrogens with one attached hydrogen (secondary N) is 1. The van der Waals surface area contributed by atoms with Gasteiger partial charge in [-0.2, -0.15) is 0 Å². The van der Waals surface area contributed by atoms with E-state index in [2.05, 4.69) is 27.3 Å². The number of sulfonamides is 1. The molecule has 0 unspecified atom stereocenters. The van der Waals surface area contributed by atoms with Gasteiger partial charge in [-0.25, -0.2) is 13.1 Å². The molecule has 0 aliphatic heterocycles. The SMILES string of the molecule is O=C([O-])CCCNS(=O)(=O)c1ccc(I)cc1. The van der Waals surface area contributed by atoms with Crippen molar-refractivity contribution in [3.05, 3.63) is 27.8 Å². The van der Waals surface area contributed by atoms with Crippen LogP contribution in [0.15, 0.2) is 29.2 Å². The Hall–Kier alpha value is -0.670. The number of aliphatic carboxylic acids is 1. The van der Waals surface area contributed by atoms with E-state index in [9.17, 15) is 18.3 Å². The molecular formula is C10H11INO4S-. The third-order valence-corrected chi connectivity index (χ3v) is 4.17. The van der Waals surface area contributed by atoms with Gasteiger partial charge < -0.3 is 9.90 Å². The average Bonchev–Trinajstić information content (AvgIpc) is 2.25. The van der Waals surface area contributed by atoms with Gasteiger partial charge in [0.1, 0.15) is 0 Å². The normalized spacial score (nSPS) is 11.4. The summed E-state index contributed by atoms with van der Waals surface area (Å²) in [5, 5.41) is 10.1. The summed E-state index contributed by atoms with van der Waals surface area (Å²) in [5.41, 5.74) is 0. The zero-order valence-electron chi connectivity index (χ0n) is 8.85. The first-order valence-electron chi connectivity index (χ1n) is 4.87. The first kappa shape index (κ1) is 14.4. The van der Waals surface area contributed by atoms with Gasteiger partial charge >= 0.3 is 0 Å². The largest absolute Gasteiger partial charge is 0.550 e. The summed E-state index contributed by atoms with van der Waals surface area (Å²) in [6.07, 6.45) is 0.0567. The molecule has 0 heterocycles. The van der Waals surface area contributed by atoms with Crippen LogP contribution >= 0.6 is 22.6 Å². The molecule has 0 aliphatic carbocycles. The molecule has 1 aromatic carbocycles. The Morgan fingerprint density at radius 1 is 1.29 bits per heavy atom. The standard InChI is InChI=1S/C10H12INO4S/c11-8-3-5-9(6-4-8)17(15,16)12-7-1-2-10(13)14/h3-6,12H,1-2,7H2,(H,13,14)/p-1. The maximum Gasteiger partial charge on any atom is 0.240 e. The van der Waals surface area contributed by atoms with E-state index in [1.54, 1.807) is 12.1 Å². The number of carboxylic acids is 1. The van der Waals surface area contributed by atoms with E-state index < -0.39 is 16.0 Å². The summed E-state index contributed by atoms with van der Waals surface area (Å²) in [5.74, 6) is -1.18. The molecule has 7 heteroatoms. The van der Waals surface area contributed by atoms with Crippen molar-refractivity contribution in [3.8, 4) is 0 Å². The molecule has 0 radical (unpaired) electrons. The Labute approximate surface area is 113 Å². The summed E-state index contributed by atoms with van der Waals surface area (Å²) in [7, 11) is -3.54. The molecule has 0 spiro atoms. The Morgan fingerprint density at radius 2 is 1.88 bits per heavy atom. The van der Waals surface area contributed by atoms with Crippen molar-refractivity contribution in [1.82, 2.24) is 4.72 Å². The highest BCUT2D eigenvalue weighted by molar-refractivity contribution is 14.1. The minimum Gasteiger partial charge on any atom is -0.550 e. The number of carboxylic acid groups (broad SMARTS) is 1. The smallest absolute Gasteiger partial charge is 0.240 e. The Bertz CT molecular complexity index is 484. The highest BCUT2D eigenvalue weighted by Gasteiger charge is 2.12. The molecule has 17 heavy (non-hydrogen) atoms. The lowest BCUT2D eigenvalue weighted by Gasteiger charge is -2.07. The fourth-order valence-electron chi connectivity index (χ4n) is 1.14. The molecular weight excluding hydrogens is 357 g/mol. The van der Waals surface area contributed by atoms with Gasteiger partial charge in [0.15, 0.2) is 0 Å². The molecule has 94 valence electrons. The molecule has 0 aliphatic rings. The van der Waals surface area contributed by atoms with E-state index in [0.29, 0.717) is 0 Å². The van der Waals surface area contributed by atoms with Crippen LogP contribution in [0, 0.1) is 3.57 Å². The van der Waals surface area contributed by atoms with Gasteiger partial charge in [-0.15, -0.1) is 0 Å². The van der Waals surface area contributed by atoms with Gasteiger partial charge in [0.05, 0.1) is 4.90 Å². The third-order valence-electron chi connectivity index (χ3n) is 1.97. The molecule has 0 saturated carbocycles. The second-order valence-electron chi connectivity index (χ2n) is 3.33.